The Hall–Kier alpha value is -1.39. The van der Waals surface area contributed by atoms with Gasteiger partial charge in [0.1, 0.15) is 12.2 Å². The fourth-order valence-electron chi connectivity index (χ4n) is 1.91. The highest BCUT2D eigenvalue weighted by Crippen LogP contribution is 2.21. The van der Waals surface area contributed by atoms with E-state index in [-0.39, 0.29) is 5.91 Å². The third-order valence-corrected chi connectivity index (χ3v) is 2.75. The Bertz CT molecular complexity index is 346. The summed E-state index contributed by atoms with van der Waals surface area (Å²) in [6.45, 7) is 5.18. The topological polar surface area (TPSA) is 51.0 Å². The molecule has 0 N–H and O–H groups in total. The minimum absolute atomic E-state index is 0.151. The Balaban J connectivity index is 2.10. The van der Waals surface area contributed by atoms with Crippen LogP contribution in [0.5, 0.6) is 0 Å². The third kappa shape index (κ3) is 1.49. The molecule has 5 nitrogen and oxygen atoms in total. The van der Waals surface area contributed by atoms with Crippen LogP contribution in [0.4, 0.5) is 0 Å². The average Bonchev–Trinajstić information content (AvgIpc) is 2.71. The first-order valence-corrected chi connectivity index (χ1v) is 4.80. The van der Waals surface area contributed by atoms with Crippen LogP contribution in [0.3, 0.4) is 0 Å². The third-order valence-electron chi connectivity index (χ3n) is 2.75. The molecule has 2 heterocycles. The van der Waals surface area contributed by atoms with Crippen LogP contribution in [0.25, 0.3) is 0 Å². The number of amides is 1. The van der Waals surface area contributed by atoms with E-state index in [2.05, 4.69) is 10.2 Å². The van der Waals surface area contributed by atoms with E-state index in [1.807, 2.05) is 16.4 Å². The Labute approximate surface area is 82.7 Å². The predicted molar refractivity (Wildman–Crippen MR) is 50.7 cm³/mol. The maximum atomic E-state index is 11.1. The quantitative estimate of drug-likeness (QED) is 0.649. The summed E-state index contributed by atoms with van der Waals surface area (Å²) in [6.07, 6.45) is 2.74. The van der Waals surface area contributed by atoms with Crippen LogP contribution < -0.4 is 0 Å². The van der Waals surface area contributed by atoms with Gasteiger partial charge in [0, 0.05) is 20.0 Å². The number of hydrogen-bond acceptors (Lipinski definition) is 3. The summed E-state index contributed by atoms with van der Waals surface area (Å²) < 4.78 is 2.04. The van der Waals surface area contributed by atoms with Crippen molar-refractivity contribution in [3.63, 3.8) is 0 Å². The van der Waals surface area contributed by atoms with Crippen molar-refractivity contribution in [1.29, 1.82) is 0 Å². The number of carbonyl (C=O) groups is 1. The highest BCUT2D eigenvalue weighted by atomic mass is 16.2. The van der Waals surface area contributed by atoms with Crippen LogP contribution in [0, 0.1) is 6.92 Å². The Morgan fingerprint density at radius 1 is 1.64 bits per heavy atom. The van der Waals surface area contributed by atoms with E-state index in [4.69, 9.17) is 0 Å². The molecule has 1 aliphatic heterocycles. The normalized spacial score (nSPS) is 21.6. The van der Waals surface area contributed by atoms with Gasteiger partial charge < -0.3 is 9.47 Å². The average molecular weight is 194 g/mol. The number of carbonyl (C=O) groups excluding carboxylic acids is 1. The number of nitrogens with zero attached hydrogens (tertiary/aromatic N) is 4. The van der Waals surface area contributed by atoms with Crippen molar-refractivity contribution in [3.05, 3.63) is 12.2 Å². The van der Waals surface area contributed by atoms with E-state index >= 15 is 0 Å². The second-order valence-electron chi connectivity index (χ2n) is 3.69. The molecule has 14 heavy (non-hydrogen) atoms. The molecule has 76 valence electrons. The highest BCUT2D eigenvalue weighted by molar-refractivity contribution is 5.73. The van der Waals surface area contributed by atoms with Gasteiger partial charge in [0.25, 0.3) is 0 Å². The van der Waals surface area contributed by atoms with E-state index in [1.165, 1.54) is 0 Å². The van der Waals surface area contributed by atoms with Crippen LogP contribution >= 0.6 is 0 Å². The summed E-state index contributed by atoms with van der Waals surface area (Å²) >= 11 is 0. The van der Waals surface area contributed by atoms with Gasteiger partial charge in [0.2, 0.25) is 5.91 Å². The zero-order chi connectivity index (χ0) is 10.1. The van der Waals surface area contributed by atoms with E-state index in [0.29, 0.717) is 6.04 Å². The summed E-state index contributed by atoms with van der Waals surface area (Å²) in [4.78, 5) is 13.0. The number of likely N-dealkylation sites (tertiary alicyclic amines) is 1. The van der Waals surface area contributed by atoms with Gasteiger partial charge in [-0.2, -0.15) is 0 Å². The summed E-state index contributed by atoms with van der Waals surface area (Å²) in [6, 6.07) is 0.355. The van der Waals surface area contributed by atoms with E-state index < -0.39 is 0 Å². The van der Waals surface area contributed by atoms with E-state index in [9.17, 15) is 4.79 Å². The highest BCUT2D eigenvalue weighted by Gasteiger charge is 2.26. The molecule has 1 fully saturated rings. The maximum Gasteiger partial charge on any atom is 0.219 e. The number of aryl methyl sites for hydroxylation is 1. The van der Waals surface area contributed by atoms with Crippen molar-refractivity contribution >= 4 is 5.91 Å². The molecule has 1 amide bonds. The van der Waals surface area contributed by atoms with E-state index in [1.54, 1.807) is 13.3 Å². The summed E-state index contributed by atoms with van der Waals surface area (Å²) in [5.74, 6) is 1.07. The molecule has 0 aromatic carbocycles. The van der Waals surface area contributed by atoms with Crippen molar-refractivity contribution in [2.24, 2.45) is 0 Å². The maximum absolute atomic E-state index is 11.1. The molecule has 1 saturated heterocycles. The Morgan fingerprint density at radius 2 is 2.43 bits per heavy atom. The van der Waals surface area contributed by atoms with Gasteiger partial charge >= 0.3 is 0 Å². The van der Waals surface area contributed by atoms with Gasteiger partial charge in [-0.25, -0.2) is 0 Å². The smallest absolute Gasteiger partial charge is 0.219 e. The monoisotopic (exact) mass is 194 g/mol. The van der Waals surface area contributed by atoms with Crippen molar-refractivity contribution in [2.45, 2.75) is 26.3 Å². The van der Waals surface area contributed by atoms with E-state index in [0.717, 1.165) is 25.3 Å². The van der Waals surface area contributed by atoms with Crippen molar-refractivity contribution < 1.29 is 4.79 Å². The van der Waals surface area contributed by atoms with Crippen LogP contribution in [-0.4, -0.2) is 38.7 Å². The SMILES string of the molecule is CC(=O)N1CCC(n2cnnc2C)C1. The number of hydrogen-bond donors (Lipinski definition) is 0. The molecular weight excluding hydrogens is 180 g/mol. The minimum Gasteiger partial charge on any atom is -0.341 e. The minimum atomic E-state index is 0.151. The van der Waals surface area contributed by atoms with Crippen molar-refractivity contribution in [2.75, 3.05) is 13.1 Å². The molecule has 1 aliphatic rings. The molecule has 5 heteroatoms. The molecule has 1 atom stereocenters. The van der Waals surface area contributed by atoms with Gasteiger partial charge in [-0.15, -0.1) is 10.2 Å². The standard InChI is InChI=1S/C9H14N4O/c1-7-11-10-6-13(7)9-3-4-12(5-9)8(2)14/h6,9H,3-5H2,1-2H3. The molecule has 0 radical (unpaired) electrons. The first-order valence-electron chi connectivity index (χ1n) is 4.80. The molecule has 0 spiro atoms. The molecule has 1 aromatic rings. The van der Waals surface area contributed by atoms with Gasteiger partial charge in [-0.3, -0.25) is 4.79 Å². The zero-order valence-electron chi connectivity index (χ0n) is 8.47. The summed E-state index contributed by atoms with van der Waals surface area (Å²) in [7, 11) is 0. The van der Waals surface area contributed by atoms with Crippen molar-refractivity contribution in [3.8, 4) is 0 Å². The van der Waals surface area contributed by atoms with Gasteiger partial charge in [0.05, 0.1) is 6.04 Å². The molecule has 2 rings (SSSR count). The lowest BCUT2D eigenvalue weighted by Gasteiger charge is -2.15. The second-order valence-corrected chi connectivity index (χ2v) is 3.69. The van der Waals surface area contributed by atoms with Crippen LogP contribution in [0.2, 0.25) is 0 Å². The molecule has 1 aromatic heterocycles. The first kappa shape index (κ1) is 9.18. The largest absolute Gasteiger partial charge is 0.341 e. The lowest BCUT2D eigenvalue weighted by Crippen LogP contribution is -2.26. The van der Waals surface area contributed by atoms with Gasteiger partial charge in [-0.1, -0.05) is 0 Å². The summed E-state index contributed by atoms with van der Waals surface area (Å²) in [5, 5.41) is 7.79. The van der Waals surface area contributed by atoms with Crippen molar-refractivity contribution in [1.82, 2.24) is 19.7 Å². The molecular formula is C9H14N4O. The zero-order valence-corrected chi connectivity index (χ0v) is 8.47. The van der Waals surface area contributed by atoms with Crippen LogP contribution in [-0.2, 0) is 4.79 Å². The van der Waals surface area contributed by atoms with Crippen LogP contribution in [0.15, 0.2) is 6.33 Å². The van der Waals surface area contributed by atoms with Gasteiger partial charge in [-0.05, 0) is 13.3 Å². The fourth-order valence-corrected chi connectivity index (χ4v) is 1.91. The molecule has 0 saturated carbocycles. The van der Waals surface area contributed by atoms with Crippen LogP contribution in [0.1, 0.15) is 25.2 Å². The molecule has 0 bridgehead atoms. The second kappa shape index (κ2) is 3.40. The first-order chi connectivity index (χ1) is 6.68. The fraction of sp³-hybridized carbons (Fsp3) is 0.667. The predicted octanol–water partition coefficient (Wildman–Crippen LogP) is 0.380. The van der Waals surface area contributed by atoms with Gasteiger partial charge in [0.15, 0.2) is 0 Å². The molecule has 0 aliphatic carbocycles. The number of rotatable bonds is 1. The number of aromatic nitrogens is 3. The lowest BCUT2D eigenvalue weighted by molar-refractivity contribution is -0.127. The summed E-state index contributed by atoms with van der Waals surface area (Å²) in [5.41, 5.74) is 0. The molecule has 1 unspecified atom stereocenters. The lowest BCUT2D eigenvalue weighted by atomic mass is 10.2. The Kier molecular flexibility index (Phi) is 2.23. The Morgan fingerprint density at radius 3 is 2.93 bits per heavy atom.